The van der Waals surface area contributed by atoms with Gasteiger partial charge in [-0.15, -0.1) is 0 Å². The van der Waals surface area contributed by atoms with Crippen LogP contribution in [0.4, 0.5) is 0 Å². The smallest absolute Gasteiger partial charge is 0.154 e. The summed E-state index contributed by atoms with van der Waals surface area (Å²) in [4.78, 5) is 0. The number of aliphatic hydroxyl groups is 1. The van der Waals surface area contributed by atoms with Crippen LogP contribution in [0.25, 0.3) is 0 Å². The summed E-state index contributed by atoms with van der Waals surface area (Å²) in [7, 11) is 0. The standard InChI is InChI=1S/C12H24O2/c1-3-5-6-7-8-9-11-14-12(13)10-4-2/h5-6,12-13H,3-4,7-11H2,1-2H3/b6-5-. The average molecular weight is 200 g/mol. The Bertz CT molecular complexity index is 132. The molecule has 0 rings (SSSR count). The van der Waals surface area contributed by atoms with Gasteiger partial charge in [0.05, 0.1) is 0 Å². The molecule has 0 fully saturated rings. The van der Waals surface area contributed by atoms with Crippen LogP contribution in [-0.4, -0.2) is 18.0 Å². The highest BCUT2D eigenvalue weighted by Gasteiger charge is 2.00. The minimum atomic E-state index is -0.550. The Balaban J connectivity index is 3.09. The normalized spacial score (nSPS) is 13.6. The molecule has 1 atom stereocenters. The molecule has 0 aliphatic carbocycles. The second kappa shape index (κ2) is 10.7. The van der Waals surface area contributed by atoms with E-state index in [2.05, 4.69) is 19.1 Å². The van der Waals surface area contributed by atoms with Gasteiger partial charge in [-0.1, -0.05) is 32.4 Å². The van der Waals surface area contributed by atoms with Crippen LogP contribution in [-0.2, 0) is 4.74 Å². The highest BCUT2D eigenvalue weighted by Crippen LogP contribution is 2.02. The lowest BCUT2D eigenvalue weighted by Crippen LogP contribution is -2.11. The van der Waals surface area contributed by atoms with E-state index in [-0.39, 0.29) is 0 Å². The summed E-state index contributed by atoms with van der Waals surface area (Å²) in [5.74, 6) is 0. The molecule has 0 spiro atoms. The van der Waals surface area contributed by atoms with Crippen LogP contribution in [0.2, 0.25) is 0 Å². The van der Waals surface area contributed by atoms with E-state index in [4.69, 9.17) is 4.74 Å². The van der Waals surface area contributed by atoms with Crippen molar-refractivity contribution in [3.8, 4) is 0 Å². The lowest BCUT2D eigenvalue weighted by Gasteiger charge is -2.09. The molecule has 0 aromatic rings. The molecule has 0 saturated carbocycles. The van der Waals surface area contributed by atoms with E-state index in [0.717, 1.165) is 38.5 Å². The molecule has 0 aliphatic rings. The Kier molecular flexibility index (Phi) is 10.5. The van der Waals surface area contributed by atoms with Crippen LogP contribution in [0.5, 0.6) is 0 Å². The third kappa shape index (κ3) is 9.75. The van der Waals surface area contributed by atoms with Crippen molar-refractivity contribution >= 4 is 0 Å². The maximum atomic E-state index is 9.25. The van der Waals surface area contributed by atoms with Crippen LogP contribution in [0, 0.1) is 0 Å². The van der Waals surface area contributed by atoms with Gasteiger partial charge in [0, 0.05) is 6.61 Å². The lowest BCUT2D eigenvalue weighted by atomic mass is 10.2. The molecule has 0 aromatic heterocycles. The summed E-state index contributed by atoms with van der Waals surface area (Å²) < 4.78 is 5.22. The zero-order valence-electron chi connectivity index (χ0n) is 9.54. The van der Waals surface area contributed by atoms with Gasteiger partial charge in [-0.05, 0) is 32.1 Å². The lowest BCUT2D eigenvalue weighted by molar-refractivity contribution is -0.104. The third-order valence-electron chi connectivity index (χ3n) is 2.01. The fraction of sp³-hybridized carbons (Fsp3) is 0.833. The van der Waals surface area contributed by atoms with Gasteiger partial charge >= 0.3 is 0 Å². The summed E-state index contributed by atoms with van der Waals surface area (Å²) >= 11 is 0. The molecule has 2 heteroatoms. The minimum absolute atomic E-state index is 0.550. The largest absolute Gasteiger partial charge is 0.368 e. The van der Waals surface area contributed by atoms with Crippen LogP contribution in [0.15, 0.2) is 12.2 Å². The van der Waals surface area contributed by atoms with Gasteiger partial charge in [-0.25, -0.2) is 0 Å². The van der Waals surface area contributed by atoms with E-state index in [1.807, 2.05) is 6.92 Å². The van der Waals surface area contributed by atoms with E-state index < -0.39 is 6.29 Å². The number of hydrogen-bond donors (Lipinski definition) is 1. The van der Waals surface area contributed by atoms with E-state index >= 15 is 0 Å². The highest BCUT2D eigenvalue weighted by molar-refractivity contribution is 4.79. The molecule has 0 radical (unpaired) electrons. The summed E-state index contributed by atoms with van der Waals surface area (Å²) in [6.07, 6.45) is 9.99. The molecule has 14 heavy (non-hydrogen) atoms. The first-order valence-electron chi connectivity index (χ1n) is 5.75. The maximum absolute atomic E-state index is 9.25. The van der Waals surface area contributed by atoms with Crippen molar-refractivity contribution in [2.45, 2.75) is 58.7 Å². The van der Waals surface area contributed by atoms with Crippen LogP contribution >= 0.6 is 0 Å². The SMILES string of the molecule is CC/C=C\CCCCOC(O)CCC. The molecule has 0 bridgehead atoms. The highest BCUT2D eigenvalue weighted by atomic mass is 16.6. The number of ether oxygens (including phenoxy) is 1. The first kappa shape index (κ1) is 13.7. The predicted molar refractivity (Wildman–Crippen MR) is 60.1 cm³/mol. The van der Waals surface area contributed by atoms with Gasteiger partial charge in [-0.3, -0.25) is 0 Å². The maximum Gasteiger partial charge on any atom is 0.154 e. The van der Waals surface area contributed by atoms with Gasteiger partial charge in [0.2, 0.25) is 0 Å². The number of rotatable bonds is 9. The van der Waals surface area contributed by atoms with Crippen molar-refractivity contribution in [3.63, 3.8) is 0 Å². The second-order valence-electron chi connectivity index (χ2n) is 3.49. The van der Waals surface area contributed by atoms with Crippen molar-refractivity contribution in [3.05, 3.63) is 12.2 Å². The zero-order chi connectivity index (χ0) is 10.6. The molecule has 1 N–H and O–H groups in total. The molecule has 0 aliphatic heterocycles. The molecule has 1 unspecified atom stereocenters. The van der Waals surface area contributed by atoms with E-state index in [1.54, 1.807) is 0 Å². The van der Waals surface area contributed by atoms with E-state index in [9.17, 15) is 5.11 Å². The number of unbranched alkanes of at least 4 members (excludes halogenated alkanes) is 2. The quantitative estimate of drug-likeness (QED) is 0.352. The molecule has 2 nitrogen and oxygen atoms in total. The molecule has 0 aromatic carbocycles. The second-order valence-corrected chi connectivity index (χ2v) is 3.49. The van der Waals surface area contributed by atoms with Gasteiger partial charge in [0.15, 0.2) is 6.29 Å². The summed E-state index contributed by atoms with van der Waals surface area (Å²) in [5.41, 5.74) is 0. The van der Waals surface area contributed by atoms with Gasteiger partial charge < -0.3 is 9.84 Å². The minimum Gasteiger partial charge on any atom is -0.368 e. The summed E-state index contributed by atoms with van der Waals surface area (Å²) in [5, 5.41) is 9.25. The van der Waals surface area contributed by atoms with E-state index in [1.165, 1.54) is 0 Å². The Labute approximate surface area is 88.0 Å². The summed E-state index contributed by atoms with van der Waals surface area (Å²) in [6.45, 7) is 4.87. The Morgan fingerprint density at radius 3 is 2.64 bits per heavy atom. The first-order chi connectivity index (χ1) is 6.81. The van der Waals surface area contributed by atoms with Gasteiger partial charge in [0.25, 0.3) is 0 Å². The molecular formula is C12H24O2. The first-order valence-corrected chi connectivity index (χ1v) is 5.75. The summed E-state index contributed by atoms with van der Waals surface area (Å²) in [6, 6.07) is 0. The van der Waals surface area contributed by atoms with Crippen LogP contribution in [0.1, 0.15) is 52.4 Å². The van der Waals surface area contributed by atoms with Crippen molar-refractivity contribution in [1.82, 2.24) is 0 Å². The molecule has 0 saturated heterocycles. The fourth-order valence-corrected chi connectivity index (χ4v) is 1.20. The van der Waals surface area contributed by atoms with Gasteiger partial charge in [-0.2, -0.15) is 0 Å². The monoisotopic (exact) mass is 200 g/mol. The van der Waals surface area contributed by atoms with Crippen LogP contribution in [0.3, 0.4) is 0 Å². The van der Waals surface area contributed by atoms with Gasteiger partial charge in [0.1, 0.15) is 0 Å². The Morgan fingerprint density at radius 1 is 1.21 bits per heavy atom. The van der Waals surface area contributed by atoms with Crippen molar-refractivity contribution < 1.29 is 9.84 Å². The predicted octanol–water partition coefficient (Wildman–Crippen LogP) is 3.26. The van der Waals surface area contributed by atoms with Crippen molar-refractivity contribution in [1.29, 1.82) is 0 Å². The average Bonchev–Trinajstić information content (AvgIpc) is 2.17. The number of aliphatic hydroxyl groups excluding tert-OH is 1. The molecule has 84 valence electrons. The Morgan fingerprint density at radius 2 is 2.00 bits per heavy atom. The van der Waals surface area contributed by atoms with Crippen molar-refractivity contribution in [2.24, 2.45) is 0 Å². The third-order valence-corrected chi connectivity index (χ3v) is 2.01. The van der Waals surface area contributed by atoms with E-state index in [0.29, 0.717) is 6.61 Å². The fourth-order valence-electron chi connectivity index (χ4n) is 1.20. The van der Waals surface area contributed by atoms with Crippen LogP contribution < -0.4 is 0 Å². The Hall–Kier alpha value is -0.340. The molecular weight excluding hydrogens is 176 g/mol. The number of allylic oxidation sites excluding steroid dienone is 2. The molecule has 0 heterocycles. The zero-order valence-corrected chi connectivity index (χ0v) is 9.54. The number of hydrogen-bond acceptors (Lipinski definition) is 2. The topological polar surface area (TPSA) is 29.5 Å². The van der Waals surface area contributed by atoms with Crippen molar-refractivity contribution in [2.75, 3.05) is 6.61 Å². The molecule has 0 amide bonds.